The van der Waals surface area contributed by atoms with Crippen molar-refractivity contribution in [1.29, 1.82) is 0 Å². The standard InChI is InChI=1S/C28H27P/c1-21-19-22(2)27(23(3)20-21)28(24-13-7-4-8-14-24)29(25-15-9-5-10-16-25)26-17-11-6-12-18-26/h4-20,28H,1-3H3. The minimum absolute atomic E-state index is 0.316. The molecule has 0 amide bonds. The summed E-state index contributed by atoms with van der Waals surface area (Å²) in [6.07, 6.45) is 0. The van der Waals surface area contributed by atoms with Crippen LogP contribution in [0.5, 0.6) is 0 Å². The van der Waals surface area contributed by atoms with Crippen molar-refractivity contribution >= 4 is 18.5 Å². The van der Waals surface area contributed by atoms with Gasteiger partial charge in [0.2, 0.25) is 0 Å². The molecule has 1 unspecified atom stereocenters. The maximum Gasteiger partial charge on any atom is 0.0377 e. The van der Waals surface area contributed by atoms with Crippen molar-refractivity contribution in [3.05, 3.63) is 131 Å². The Morgan fingerprint density at radius 3 is 1.41 bits per heavy atom. The van der Waals surface area contributed by atoms with Gasteiger partial charge in [-0.1, -0.05) is 109 Å². The summed E-state index contributed by atoms with van der Waals surface area (Å²) < 4.78 is 0. The molecule has 1 atom stereocenters. The molecule has 0 aliphatic heterocycles. The summed E-state index contributed by atoms with van der Waals surface area (Å²) in [5.41, 5.74) is 7.28. The van der Waals surface area contributed by atoms with Gasteiger partial charge in [0.15, 0.2) is 0 Å². The molecular formula is C28H27P. The summed E-state index contributed by atoms with van der Waals surface area (Å²) in [5.74, 6) is 0. The van der Waals surface area contributed by atoms with Crippen LogP contribution < -0.4 is 10.6 Å². The Morgan fingerprint density at radius 1 is 0.552 bits per heavy atom. The molecule has 29 heavy (non-hydrogen) atoms. The molecule has 0 fully saturated rings. The normalized spacial score (nSPS) is 12.1. The second-order valence-corrected chi connectivity index (χ2v) is 9.96. The van der Waals surface area contributed by atoms with Gasteiger partial charge in [-0.3, -0.25) is 0 Å². The third-order valence-electron chi connectivity index (χ3n) is 5.45. The number of aryl methyl sites for hydroxylation is 3. The summed E-state index contributed by atoms with van der Waals surface area (Å²) in [6.45, 7) is 6.74. The first kappa shape index (κ1) is 19.6. The fourth-order valence-electron chi connectivity index (χ4n) is 4.33. The van der Waals surface area contributed by atoms with Crippen LogP contribution in [-0.2, 0) is 0 Å². The van der Waals surface area contributed by atoms with Crippen LogP contribution in [0.2, 0.25) is 0 Å². The summed E-state index contributed by atoms with van der Waals surface area (Å²) in [5, 5.41) is 2.84. The Kier molecular flexibility index (Phi) is 5.93. The number of hydrogen-bond donors (Lipinski definition) is 0. The molecule has 0 saturated carbocycles. The lowest BCUT2D eigenvalue weighted by atomic mass is 9.94. The first-order valence-electron chi connectivity index (χ1n) is 10.2. The first-order chi connectivity index (χ1) is 14.1. The van der Waals surface area contributed by atoms with Crippen molar-refractivity contribution in [2.75, 3.05) is 0 Å². The smallest absolute Gasteiger partial charge is 0.0377 e. The average Bonchev–Trinajstić information content (AvgIpc) is 2.74. The van der Waals surface area contributed by atoms with E-state index in [1.165, 1.54) is 38.4 Å². The molecule has 4 aromatic rings. The van der Waals surface area contributed by atoms with Crippen molar-refractivity contribution < 1.29 is 0 Å². The molecule has 0 bridgehead atoms. The van der Waals surface area contributed by atoms with Crippen LogP contribution in [0.25, 0.3) is 0 Å². The molecule has 0 heterocycles. The van der Waals surface area contributed by atoms with E-state index >= 15 is 0 Å². The van der Waals surface area contributed by atoms with Crippen molar-refractivity contribution in [2.45, 2.75) is 26.4 Å². The fraction of sp³-hybridized carbons (Fsp3) is 0.143. The van der Waals surface area contributed by atoms with Gasteiger partial charge in [0, 0.05) is 5.66 Å². The predicted molar refractivity (Wildman–Crippen MR) is 128 cm³/mol. The predicted octanol–water partition coefficient (Wildman–Crippen LogP) is 6.83. The zero-order valence-corrected chi connectivity index (χ0v) is 18.2. The summed E-state index contributed by atoms with van der Waals surface area (Å²) >= 11 is 0. The summed E-state index contributed by atoms with van der Waals surface area (Å²) in [6, 6.07) is 37.8. The van der Waals surface area contributed by atoms with Crippen LogP contribution in [0, 0.1) is 20.8 Å². The lowest BCUT2D eigenvalue weighted by molar-refractivity contribution is 1.08. The second kappa shape index (κ2) is 8.76. The summed E-state index contributed by atoms with van der Waals surface area (Å²) in [7, 11) is -0.609. The molecule has 4 rings (SSSR count). The molecule has 0 saturated heterocycles. The Bertz CT molecular complexity index is 1010. The molecule has 0 N–H and O–H groups in total. The highest BCUT2D eigenvalue weighted by Gasteiger charge is 2.29. The molecule has 0 nitrogen and oxygen atoms in total. The fourth-order valence-corrected chi connectivity index (χ4v) is 7.34. The van der Waals surface area contributed by atoms with Crippen molar-refractivity contribution in [1.82, 2.24) is 0 Å². The van der Waals surface area contributed by atoms with Gasteiger partial charge in [-0.15, -0.1) is 0 Å². The van der Waals surface area contributed by atoms with Gasteiger partial charge in [-0.05, 0) is 61.6 Å². The van der Waals surface area contributed by atoms with Gasteiger partial charge >= 0.3 is 0 Å². The topological polar surface area (TPSA) is 0 Å². The molecule has 0 spiro atoms. The molecule has 144 valence electrons. The zero-order valence-electron chi connectivity index (χ0n) is 17.3. The third-order valence-corrected chi connectivity index (χ3v) is 8.24. The van der Waals surface area contributed by atoms with Crippen LogP contribution in [0.15, 0.2) is 103 Å². The molecule has 0 aromatic heterocycles. The number of benzene rings is 4. The van der Waals surface area contributed by atoms with E-state index in [-0.39, 0.29) is 0 Å². The maximum absolute atomic E-state index is 2.34. The van der Waals surface area contributed by atoms with Gasteiger partial charge in [0.1, 0.15) is 0 Å². The number of hydrogen-bond acceptors (Lipinski definition) is 0. The van der Waals surface area contributed by atoms with Gasteiger partial charge in [0.05, 0.1) is 0 Å². The largest absolute Gasteiger partial charge is 0.0622 e. The van der Waals surface area contributed by atoms with Crippen LogP contribution >= 0.6 is 7.92 Å². The highest BCUT2D eigenvalue weighted by molar-refractivity contribution is 7.73. The van der Waals surface area contributed by atoms with Gasteiger partial charge in [-0.2, -0.15) is 0 Å². The highest BCUT2D eigenvalue weighted by atomic mass is 31.1. The Labute approximate surface area is 176 Å². The molecule has 0 radical (unpaired) electrons. The average molecular weight is 394 g/mol. The van der Waals surface area contributed by atoms with Crippen LogP contribution in [-0.4, -0.2) is 0 Å². The third kappa shape index (κ3) is 4.19. The highest BCUT2D eigenvalue weighted by Crippen LogP contribution is 2.54. The van der Waals surface area contributed by atoms with Gasteiger partial charge in [-0.25, -0.2) is 0 Å². The van der Waals surface area contributed by atoms with Crippen molar-refractivity contribution in [3.8, 4) is 0 Å². The van der Waals surface area contributed by atoms with E-state index < -0.39 is 7.92 Å². The van der Waals surface area contributed by atoms with Gasteiger partial charge in [0.25, 0.3) is 0 Å². The Morgan fingerprint density at radius 2 is 0.966 bits per heavy atom. The van der Waals surface area contributed by atoms with E-state index in [4.69, 9.17) is 0 Å². The Balaban J connectivity index is 2.01. The molecule has 0 aliphatic rings. The van der Waals surface area contributed by atoms with Crippen LogP contribution in [0.3, 0.4) is 0 Å². The van der Waals surface area contributed by atoms with Crippen LogP contribution in [0.4, 0.5) is 0 Å². The number of rotatable bonds is 5. The minimum atomic E-state index is -0.609. The lowest BCUT2D eigenvalue weighted by Gasteiger charge is -2.32. The molecule has 0 aliphatic carbocycles. The van der Waals surface area contributed by atoms with E-state index in [9.17, 15) is 0 Å². The summed E-state index contributed by atoms with van der Waals surface area (Å²) in [4.78, 5) is 0. The maximum atomic E-state index is 2.34. The van der Waals surface area contributed by atoms with Crippen molar-refractivity contribution in [2.24, 2.45) is 0 Å². The second-order valence-electron chi connectivity index (χ2n) is 7.67. The van der Waals surface area contributed by atoms with Crippen molar-refractivity contribution in [3.63, 3.8) is 0 Å². The SMILES string of the molecule is Cc1cc(C)c(C(c2ccccc2)P(c2ccccc2)c2ccccc2)c(C)c1. The zero-order chi connectivity index (χ0) is 20.2. The molecule has 4 aromatic carbocycles. The quantitative estimate of drug-likeness (QED) is 0.325. The lowest BCUT2D eigenvalue weighted by Crippen LogP contribution is -2.19. The van der Waals surface area contributed by atoms with E-state index in [0.29, 0.717) is 5.66 Å². The Hall–Kier alpha value is -2.69. The molecular weight excluding hydrogens is 367 g/mol. The van der Waals surface area contributed by atoms with E-state index in [0.717, 1.165) is 0 Å². The van der Waals surface area contributed by atoms with E-state index in [1.54, 1.807) is 0 Å². The van der Waals surface area contributed by atoms with E-state index in [2.05, 4.69) is 124 Å². The monoisotopic (exact) mass is 394 g/mol. The van der Waals surface area contributed by atoms with E-state index in [1.807, 2.05) is 0 Å². The molecule has 1 heteroatoms. The first-order valence-corrected chi connectivity index (χ1v) is 11.6. The van der Waals surface area contributed by atoms with Gasteiger partial charge < -0.3 is 0 Å². The van der Waals surface area contributed by atoms with Crippen LogP contribution in [0.1, 0.15) is 33.5 Å². The minimum Gasteiger partial charge on any atom is -0.0622 e.